The average Bonchev–Trinajstić information content (AvgIpc) is 2.39. The highest BCUT2D eigenvalue weighted by Crippen LogP contribution is 2.41. The first-order chi connectivity index (χ1) is 8.22. The third-order valence-electron chi connectivity index (χ3n) is 4.07. The summed E-state index contributed by atoms with van der Waals surface area (Å²) in [6, 6.07) is 6.67. The summed E-state index contributed by atoms with van der Waals surface area (Å²) in [4.78, 5) is 0. The molecule has 2 rings (SSSR count). The molecule has 17 heavy (non-hydrogen) atoms. The van der Waals surface area contributed by atoms with Crippen molar-refractivity contribution in [3.8, 4) is 5.75 Å². The summed E-state index contributed by atoms with van der Waals surface area (Å²) < 4.78 is 5.34. The number of hydrogen-bond donors (Lipinski definition) is 0. The number of hydrogen-bond acceptors (Lipinski definition) is 1. The van der Waals surface area contributed by atoms with E-state index in [9.17, 15) is 0 Å². The molecule has 0 atom stereocenters. The van der Waals surface area contributed by atoms with Crippen LogP contribution in [-0.2, 0) is 5.41 Å². The normalized spacial score (nSPS) is 19.0. The number of ether oxygens (including phenoxy) is 1. The van der Waals surface area contributed by atoms with Gasteiger partial charge in [-0.2, -0.15) is 0 Å². The van der Waals surface area contributed by atoms with Crippen LogP contribution in [0.2, 0.25) is 0 Å². The molecule has 0 aromatic heterocycles. The van der Waals surface area contributed by atoms with E-state index >= 15 is 0 Å². The van der Waals surface area contributed by atoms with Gasteiger partial charge in [0.05, 0.1) is 7.11 Å². The quantitative estimate of drug-likeness (QED) is 0.741. The third kappa shape index (κ3) is 2.52. The smallest absolute Gasteiger partial charge is 0.121 e. The summed E-state index contributed by atoms with van der Waals surface area (Å²) in [6.45, 7) is 2.13. The van der Waals surface area contributed by atoms with E-state index in [2.05, 4.69) is 41.1 Å². The maximum absolute atomic E-state index is 5.34. The lowest BCUT2D eigenvalue weighted by Gasteiger charge is -2.36. The highest BCUT2D eigenvalue weighted by molar-refractivity contribution is 9.09. The summed E-state index contributed by atoms with van der Waals surface area (Å²) in [5.74, 6) is 0.995. The van der Waals surface area contributed by atoms with E-state index in [-0.39, 0.29) is 0 Å². The van der Waals surface area contributed by atoms with Crippen LogP contribution < -0.4 is 4.74 Å². The Hall–Kier alpha value is -0.500. The van der Waals surface area contributed by atoms with Gasteiger partial charge >= 0.3 is 0 Å². The van der Waals surface area contributed by atoms with Gasteiger partial charge in [-0.1, -0.05) is 47.3 Å². The van der Waals surface area contributed by atoms with Crippen LogP contribution in [0.1, 0.15) is 43.2 Å². The molecule has 1 aliphatic rings. The molecule has 1 nitrogen and oxygen atoms in total. The molecule has 1 aromatic carbocycles. The van der Waals surface area contributed by atoms with E-state index in [1.54, 1.807) is 7.11 Å². The van der Waals surface area contributed by atoms with Crippen LogP contribution in [0.4, 0.5) is 0 Å². The van der Waals surface area contributed by atoms with Gasteiger partial charge < -0.3 is 4.74 Å². The summed E-state index contributed by atoms with van der Waals surface area (Å²) in [5.41, 5.74) is 3.08. The Morgan fingerprint density at radius 2 is 1.94 bits per heavy atom. The fourth-order valence-corrected chi connectivity index (χ4v) is 3.82. The van der Waals surface area contributed by atoms with E-state index in [1.807, 2.05) is 0 Å². The lowest BCUT2D eigenvalue weighted by molar-refractivity contribution is 0.327. The summed E-state index contributed by atoms with van der Waals surface area (Å²) in [7, 11) is 1.74. The molecule has 0 saturated heterocycles. The van der Waals surface area contributed by atoms with Crippen LogP contribution in [0.25, 0.3) is 0 Å². The Morgan fingerprint density at radius 1 is 1.24 bits per heavy atom. The van der Waals surface area contributed by atoms with Gasteiger partial charge in [0.25, 0.3) is 0 Å². The first-order valence-electron chi connectivity index (χ1n) is 6.43. The number of alkyl halides is 1. The zero-order chi connectivity index (χ0) is 12.3. The summed E-state index contributed by atoms with van der Waals surface area (Å²) in [6.07, 6.45) is 6.73. The molecular formula is C15H21BrO. The molecule has 0 amide bonds. The Kier molecular flexibility index (Phi) is 4.13. The second-order valence-corrected chi connectivity index (χ2v) is 5.72. The number of aryl methyl sites for hydroxylation is 1. The number of methoxy groups -OCH3 is 1. The lowest BCUT2D eigenvalue weighted by Crippen LogP contribution is -2.30. The second kappa shape index (κ2) is 5.43. The Bertz CT molecular complexity index is 381. The van der Waals surface area contributed by atoms with Gasteiger partial charge in [0.1, 0.15) is 5.75 Å². The zero-order valence-corrected chi connectivity index (χ0v) is 12.3. The minimum atomic E-state index is 0.356. The van der Waals surface area contributed by atoms with Gasteiger partial charge in [-0.05, 0) is 37.0 Å². The van der Waals surface area contributed by atoms with Gasteiger partial charge in [-0.15, -0.1) is 0 Å². The fourth-order valence-electron chi connectivity index (χ4n) is 2.94. The summed E-state index contributed by atoms with van der Waals surface area (Å²) >= 11 is 3.73. The minimum Gasteiger partial charge on any atom is -0.496 e. The van der Waals surface area contributed by atoms with E-state index in [1.165, 1.54) is 43.2 Å². The lowest BCUT2D eigenvalue weighted by atomic mass is 9.71. The van der Waals surface area contributed by atoms with Gasteiger partial charge in [0, 0.05) is 10.7 Å². The molecule has 2 heteroatoms. The highest BCUT2D eigenvalue weighted by Gasteiger charge is 2.32. The van der Waals surface area contributed by atoms with Crippen molar-refractivity contribution in [3.05, 3.63) is 29.3 Å². The molecule has 1 aliphatic carbocycles. The van der Waals surface area contributed by atoms with Crippen LogP contribution >= 0.6 is 15.9 Å². The molecule has 1 saturated carbocycles. The van der Waals surface area contributed by atoms with Crippen molar-refractivity contribution in [3.63, 3.8) is 0 Å². The van der Waals surface area contributed by atoms with Crippen molar-refractivity contribution >= 4 is 15.9 Å². The molecule has 0 aliphatic heterocycles. The molecule has 0 unspecified atom stereocenters. The monoisotopic (exact) mass is 296 g/mol. The van der Waals surface area contributed by atoms with Gasteiger partial charge in [-0.3, -0.25) is 0 Å². The molecule has 0 heterocycles. The minimum absolute atomic E-state index is 0.356. The molecule has 0 spiro atoms. The predicted molar refractivity (Wildman–Crippen MR) is 76.3 cm³/mol. The molecule has 1 aromatic rings. The Morgan fingerprint density at radius 3 is 2.47 bits per heavy atom. The van der Waals surface area contributed by atoms with E-state index < -0.39 is 0 Å². The first-order valence-corrected chi connectivity index (χ1v) is 7.55. The molecular weight excluding hydrogens is 276 g/mol. The van der Waals surface area contributed by atoms with Gasteiger partial charge in [-0.25, -0.2) is 0 Å². The maximum atomic E-state index is 5.34. The second-order valence-electron chi connectivity index (χ2n) is 5.16. The van der Waals surface area contributed by atoms with Crippen LogP contribution in [0.3, 0.4) is 0 Å². The van der Waals surface area contributed by atoms with Crippen molar-refractivity contribution in [2.45, 2.75) is 44.4 Å². The van der Waals surface area contributed by atoms with Crippen molar-refractivity contribution in [1.29, 1.82) is 0 Å². The fraction of sp³-hybridized carbons (Fsp3) is 0.600. The van der Waals surface area contributed by atoms with Gasteiger partial charge in [0.2, 0.25) is 0 Å². The Labute approximate surface area is 113 Å². The number of halogens is 1. The molecule has 0 radical (unpaired) electrons. The van der Waals surface area contributed by atoms with E-state index in [0.717, 1.165) is 11.1 Å². The van der Waals surface area contributed by atoms with Crippen molar-refractivity contribution in [2.75, 3.05) is 12.4 Å². The maximum Gasteiger partial charge on any atom is 0.121 e. The van der Waals surface area contributed by atoms with E-state index in [0.29, 0.717) is 5.41 Å². The summed E-state index contributed by atoms with van der Waals surface area (Å²) in [5, 5.41) is 1.08. The molecule has 1 fully saturated rings. The predicted octanol–water partition coefficient (Wildman–Crippen LogP) is 4.60. The molecule has 0 bridgehead atoms. The van der Waals surface area contributed by atoms with Crippen LogP contribution in [0, 0.1) is 6.92 Å². The van der Waals surface area contributed by atoms with Crippen molar-refractivity contribution in [1.82, 2.24) is 0 Å². The topological polar surface area (TPSA) is 9.23 Å². The highest BCUT2D eigenvalue weighted by atomic mass is 79.9. The average molecular weight is 297 g/mol. The van der Waals surface area contributed by atoms with Crippen LogP contribution in [0.15, 0.2) is 18.2 Å². The third-order valence-corrected chi connectivity index (χ3v) is 5.15. The van der Waals surface area contributed by atoms with Crippen LogP contribution in [-0.4, -0.2) is 12.4 Å². The van der Waals surface area contributed by atoms with E-state index in [4.69, 9.17) is 4.74 Å². The Balaban J connectivity index is 2.33. The van der Waals surface area contributed by atoms with Crippen molar-refractivity contribution < 1.29 is 4.74 Å². The number of benzene rings is 1. The largest absolute Gasteiger partial charge is 0.496 e. The van der Waals surface area contributed by atoms with Gasteiger partial charge in [0.15, 0.2) is 0 Å². The molecule has 94 valence electrons. The first kappa shape index (κ1) is 12.9. The number of rotatable bonds is 3. The standard InChI is InChI=1S/C15H21BrO/c1-12-10-13(6-7-14(12)17-2)15(11-16)8-4-3-5-9-15/h6-7,10H,3-5,8-9,11H2,1-2H3. The zero-order valence-electron chi connectivity index (χ0n) is 10.8. The molecule has 0 N–H and O–H groups in total. The van der Waals surface area contributed by atoms with Crippen molar-refractivity contribution in [2.24, 2.45) is 0 Å². The SMILES string of the molecule is COc1ccc(C2(CBr)CCCCC2)cc1C. The van der Waals surface area contributed by atoms with Crippen LogP contribution in [0.5, 0.6) is 5.75 Å².